The average molecular weight is 206 g/mol. The number of amides is 2. The number of carbonyl (C=O) groups is 2. The summed E-state index contributed by atoms with van der Waals surface area (Å²) in [6, 6.07) is 6.45. The topological polar surface area (TPSA) is 69.6 Å². The third kappa shape index (κ3) is 1.76. The predicted octanol–water partition coefficient (Wildman–Crippen LogP) is -0.145. The zero-order chi connectivity index (χ0) is 10.8. The van der Waals surface area contributed by atoms with Crippen LogP contribution in [0.3, 0.4) is 0 Å². The highest BCUT2D eigenvalue weighted by atomic mass is 16.3. The van der Waals surface area contributed by atoms with E-state index in [4.69, 9.17) is 0 Å². The Hall–Kier alpha value is -2.04. The zero-order valence-electron chi connectivity index (χ0n) is 7.93. The molecule has 0 bridgehead atoms. The number of aromatic hydroxyl groups is 1. The molecule has 1 aromatic carbocycles. The van der Waals surface area contributed by atoms with E-state index in [9.17, 15) is 14.7 Å². The van der Waals surface area contributed by atoms with Gasteiger partial charge < -0.3 is 10.4 Å². The Labute approximate surface area is 86.3 Å². The Morgan fingerprint density at radius 3 is 2.73 bits per heavy atom. The van der Waals surface area contributed by atoms with Crippen molar-refractivity contribution in [1.29, 1.82) is 0 Å². The summed E-state index contributed by atoms with van der Waals surface area (Å²) in [5.74, 6) is -0.450. The van der Waals surface area contributed by atoms with Crippen LogP contribution in [0.2, 0.25) is 0 Å². The van der Waals surface area contributed by atoms with E-state index in [-0.39, 0.29) is 30.7 Å². The van der Waals surface area contributed by atoms with Gasteiger partial charge in [-0.25, -0.2) is 0 Å². The first-order chi connectivity index (χ1) is 7.18. The van der Waals surface area contributed by atoms with Crippen LogP contribution >= 0.6 is 0 Å². The van der Waals surface area contributed by atoms with Gasteiger partial charge in [-0.05, 0) is 12.1 Å². The van der Waals surface area contributed by atoms with Crippen molar-refractivity contribution in [1.82, 2.24) is 5.32 Å². The lowest BCUT2D eigenvalue weighted by molar-refractivity contribution is -0.128. The Bertz CT molecular complexity index is 417. The summed E-state index contributed by atoms with van der Waals surface area (Å²) in [4.78, 5) is 23.9. The van der Waals surface area contributed by atoms with E-state index in [1.807, 2.05) is 0 Å². The zero-order valence-corrected chi connectivity index (χ0v) is 7.93. The van der Waals surface area contributed by atoms with Crippen LogP contribution in [0.4, 0.5) is 5.69 Å². The number of para-hydroxylation sites is 2. The van der Waals surface area contributed by atoms with Crippen molar-refractivity contribution in [3.05, 3.63) is 24.3 Å². The van der Waals surface area contributed by atoms with Crippen LogP contribution < -0.4 is 10.2 Å². The minimum Gasteiger partial charge on any atom is -0.506 e. The molecule has 1 aromatic rings. The molecule has 78 valence electrons. The lowest BCUT2D eigenvalue weighted by Gasteiger charge is -2.26. The highest BCUT2D eigenvalue weighted by Crippen LogP contribution is 2.26. The summed E-state index contributed by atoms with van der Waals surface area (Å²) in [6.07, 6.45) is 0. The van der Waals surface area contributed by atoms with Crippen molar-refractivity contribution >= 4 is 17.5 Å². The molecule has 0 aliphatic carbocycles. The molecular weight excluding hydrogens is 196 g/mol. The number of anilines is 1. The Morgan fingerprint density at radius 2 is 2.00 bits per heavy atom. The Balaban J connectivity index is 2.33. The van der Waals surface area contributed by atoms with Gasteiger partial charge in [0.2, 0.25) is 11.8 Å². The molecule has 2 N–H and O–H groups in total. The molecular formula is C10H10N2O3. The maximum atomic E-state index is 11.5. The molecule has 1 fully saturated rings. The molecule has 1 aliphatic heterocycles. The van der Waals surface area contributed by atoms with Crippen molar-refractivity contribution in [2.24, 2.45) is 0 Å². The molecule has 2 rings (SSSR count). The van der Waals surface area contributed by atoms with Crippen LogP contribution in [0.25, 0.3) is 0 Å². The molecule has 1 aliphatic rings. The number of rotatable bonds is 1. The van der Waals surface area contributed by atoms with Gasteiger partial charge in [0.25, 0.3) is 0 Å². The van der Waals surface area contributed by atoms with Gasteiger partial charge in [-0.15, -0.1) is 0 Å². The quantitative estimate of drug-likeness (QED) is 0.671. The second kappa shape index (κ2) is 3.61. The molecule has 1 heterocycles. The lowest BCUT2D eigenvalue weighted by atomic mass is 10.2. The third-order valence-corrected chi connectivity index (χ3v) is 2.21. The Morgan fingerprint density at radius 1 is 1.27 bits per heavy atom. The molecule has 1 saturated heterocycles. The average Bonchev–Trinajstić information content (AvgIpc) is 2.23. The molecule has 0 atom stereocenters. The van der Waals surface area contributed by atoms with Gasteiger partial charge in [-0.1, -0.05) is 12.1 Å². The molecule has 0 radical (unpaired) electrons. The molecule has 0 saturated carbocycles. The summed E-state index contributed by atoms with van der Waals surface area (Å²) in [5, 5.41) is 12.0. The number of nitrogens with zero attached hydrogens (tertiary/aromatic N) is 1. The molecule has 2 amide bonds. The van der Waals surface area contributed by atoms with Crippen LogP contribution in [-0.4, -0.2) is 30.0 Å². The second-order valence-electron chi connectivity index (χ2n) is 3.25. The SMILES string of the molecule is O=C1CN(c2ccccc2O)C(=O)CN1. The standard InChI is InChI=1S/C10H10N2O3/c13-8-4-2-1-3-7(8)12-6-9(14)11-5-10(12)15/h1-4,13H,5-6H2,(H,11,14). The number of carbonyl (C=O) groups excluding carboxylic acids is 2. The van der Waals surface area contributed by atoms with E-state index >= 15 is 0 Å². The van der Waals surface area contributed by atoms with E-state index in [0.29, 0.717) is 5.69 Å². The molecule has 0 spiro atoms. The molecule has 15 heavy (non-hydrogen) atoms. The summed E-state index contributed by atoms with van der Waals surface area (Å²) in [7, 11) is 0. The van der Waals surface area contributed by atoms with Crippen molar-refractivity contribution in [2.45, 2.75) is 0 Å². The summed E-state index contributed by atoms with van der Waals surface area (Å²) in [5.41, 5.74) is 0.373. The number of hydrogen-bond acceptors (Lipinski definition) is 3. The van der Waals surface area contributed by atoms with Crippen molar-refractivity contribution in [3.8, 4) is 5.75 Å². The van der Waals surface area contributed by atoms with Gasteiger partial charge in [0, 0.05) is 0 Å². The number of phenolic OH excluding ortho intramolecular Hbond substituents is 1. The number of phenols is 1. The first-order valence-corrected chi connectivity index (χ1v) is 4.53. The van der Waals surface area contributed by atoms with Crippen LogP contribution in [0.15, 0.2) is 24.3 Å². The van der Waals surface area contributed by atoms with Crippen molar-refractivity contribution in [3.63, 3.8) is 0 Å². The van der Waals surface area contributed by atoms with E-state index in [0.717, 1.165) is 0 Å². The van der Waals surface area contributed by atoms with Crippen molar-refractivity contribution in [2.75, 3.05) is 18.0 Å². The highest BCUT2D eigenvalue weighted by Gasteiger charge is 2.25. The predicted molar refractivity (Wildman–Crippen MR) is 53.5 cm³/mol. The lowest BCUT2D eigenvalue weighted by Crippen LogP contribution is -2.51. The Kier molecular flexibility index (Phi) is 2.29. The normalized spacial score (nSPS) is 16.4. The molecule has 5 nitrogen and oxygen atoms in total. The minimum atomic E-state index is -0.226. The maximum absolute atomic E-state index is 11.5. The number of piperazine rings is 1. The van der Waals surface area contributed by atoms with Gasteiger partial charge in [0.05, 0.1) is 12.2 Å². The third-order valence-electron chi connectivity index (χ3n) is 2.21. The van der Waals surface area contributed by atoms with Gasteiger partial charge in [-0.2, -0.15) is 0 Å². The first-order valence-electron chi connectivity index (χ1n) is 4.53. The second-order valence-corrected chi connectivity index (χ2v) is 3.25. The van der Waals surface area contributed by atoms with Gasteiger partial charge >= 0.3 is 0 Å². The smallest absolute Gasteiger partial charge is 0.246 e. The van der Waals surface area contributed by atoms with Crippen LogP contribution in [-0.2, 0) is 9.59 Å². The fourth-order valence-electron chi connectivity index (χ4n) is 1.47. The van der Waals surface area contributed by atoms with Crippen molar-refractivity contribution < 1.29 is 14.7 Å². The van der Waals surface area contributed by atoms with Gasteiger partial charge in [-0.3, -0.25) is 14.5 Å². The summed E-state index contributed by atoms with van der Waals surface area (Å²) >= 11 is 0. The number of hydrogen-bond donors (Lipinski definition) is 2. The van der Waals surface area contributed by atoms with E-state index < -0.39 is 0 Å². The van der Waals surface area contributed by atoms with E-state index in [1.54, 1.807) is 18.2 Å². The van der Waals surface area contributed by atoms with E-state index in [2.05, 4.69) is 5.32 Å². The highest BCUT2D eigenvalue weighted by molar-refractivity contribution is 6.05. The minimum absolute atomic E-state index is 0.000509. The monoisotopic (exact) mass is 206 g/mol. The number of nitrogens with one attached hydrogen (secondary N) is 1. The van der Waals surface area contributed by atoms with Crippen LogP contribution in [0, 0.1) is 0 Å². The molecule has 0 aromatic heterocycles. The number of benzene rings is 1. The van der Waals surface area contributed by atoms with Crippen LogP contribution in [0.1, 0.15) is 0 Å². The van der Waals surface area contributed by atoms with Crippen LogP contribution in [0.5, 0.6) is 5.75 Å². The largest absolute Gasteiger partial charge is 0.506 e. The maximum Gasteiger partial charge on any atom is 0.246 e. The fourth-order valence-corrected chi connectivity index (χ4v) is 1.47. The summed E-state index contributed by atoms with van der Waals surface area (Å²) in [6.45, 7) is -0.0659. The molecule has 5 heteroatoms. The molecule has 0 unspecified atom stereocenters. The van der Waals surface area contributed by atoms with Gasteiger partial charge in [0.15, 0.2) is 0 Å². The van der Waals surface area contributed by atoms with Gasteiger partial charge in [0.1, 0.15) is 12.3 Å². The fraction of sp³-hybridized carbons (Fsp3) is 0.200. The van der Waals surface area contributed by atoms with E-state index in [1.165, 1.54) is 11.0 Å². The summed E-state index contributed by atoms with van der Waals surface area (Å²) < 4.78 is 0. The first kappa shape index (κ1) is 9.51.